The van der Waals surface area contributed by atoms with E-state index in [1.807, 2.05) is 55.5 Å². The lowest BCUT2D eigenvalue weighted by Gasteiger charge is -2.15. The number of H-pyrrole nitrogens is 1. The fourth-order valence-electron chi connectivity index (χ4n) is 2.63. The molecule has 0 aliphatic heterocycles. The Morgan fingerprint density at radius 2 is 2.08 bits per heavy atom. The molecule has 0 saturated carbocycles. The van der Waals surface area contributed by atoms with Crippen LogP contribution in [-0.4, -0.2) is 22.6 Å². The van der Waals surface area contributed by atoms with E-state index in [9.17, 15) is 4.79 Å². The van der Waals surface area contributed by atoms with Crippen molar-refractivity contribution in [2.75, 3.05) is 0 Å². The Balaban J connectivity index is 1.64. The summed E-state index contributed by atoms with van der Waals surface area (Å²) in [6.07, 6.45) is 6.51. The molecule has 7 heteroatoms. The number of aromatic amines is 1. The average Bonchev–Trinajstić information content (AvgIpc) is 3.04. The maximum Gasteiger partial charge on any atom is 0.272 e. The summed E-state index contributed by atoms with van der Waals surface area (Å²) in [5.41, 5.74) is 13.6. The summed E-state index contributed by atoms with van der Waals surface area (Å²) in [4.78, 5) is 15.5. The Kier molecular flexibility index (Phi) is 4.65. The topological polar surface area (TPSA) is 122 Å². The number of benzene rings is 1. The molecule has 0 saturated heterocycles. The normalized spacial score (nSPS) is 17.2. The number of para-hydroxylation sites is 1. The number of guanidine groups is 1. The number of carbonyl (C=O) groups is 1. The van der Waals surface area contributed by atoms with Crippen molar-refractivity contribution in [1.29, 1.82) is 0 Å². The van der Waals surface area contributed by atoms with Crippen molar-refractivity contribution < 1.29 is 4.79 Å². The van der Waals surface area contributed by atoms with Crippen LogP contribution in [0.5, 0.6) is 0 Å². The Morgan fingerprint density at radius 3 is 2.76 bits per heavy atom. The molecule has 1 aromatic carbocycles. The summed E-state index contributed by atoms with van der Waals surface area (Å²) in [5.74, 6) is -0.130. The van der Waals surface area contributed by atoms with E-state index >= 15 is 0 Å². The predicted molar refractivity (Wildman–Crippen MR) is 100 cm³/mol. The van der Waals surface area contributed by atoms with Gasteiger partial charge in [0.05, 0.1) is 0 Å². The number of nitrogens with two attached hydrogens (primary N) is 2. The zero-order valence-electron chi connectivity index (χ0n) is 13.9. The van der Waals surface area contributed by atoms with Gasteiger partial charge in [0, 0.05) is 28.2 Å². The number of carbonyl (C=O) groups excluding carboxylic acids is 1. The number of allylic oxidation sites excluding steroid dienone is 3. The number of hydrogen-bond donors (Lipinski definition) is 4. The second kappa shape index (κ2) is 7.04. The van der Waals surface area contributed by atoms with Crippen LogP contribution in [0.3, 0.4) is 0 Å². The molecule has 25 heavy (non-hydrogen) atoms. The molecule has 1 aliphatic rings. The molecule has 6 N–H and O–H groups in total. The highest BCUT2D eigenvalue weighted by Crippen LogP contribution is 2.18. The molecule has 1 amide bonds. The number of nitrogens with zero attached hydrogens (tertiary/aromatic N) is 2. The van der Waals surface area contributed by atoms with Crippen LogP contribution in [0.1, 0.15) is 23.8 Å². The second-order valence-corrected chi connectivity index (χ2v) is 5.85. The summed E-state index contributed by atoms with van der Waals surface area (Å²) >= 11 is 0. The zero-order valence-corrected chi connectivity index (χ0v) is 13.9. The van der Waals surface area contributed by atoms with Crippen molar-refractivity contribution in [3.05, 3.63) is 60.0 Å². The van der Waals surface area contributed by atoms with E-state index in [0.717, 1.165) is 22.3 Å². The largest absolute Gasteiger partial charge is 0.369 e. The molecule has 3 rings (SSSR count). The lowest BCUT2D eigenvalue weighted by atomic mass is 9.95. The first-order valence-electron chi connectivity index (χ1n) is 7.93. The SMILES string of the molecule is C/C(=N\N=C(N)N)C1C=CC(NC(=O)c2cc3ccccc3[nH]2)=CC1. The van der Waals surface area contributed by atoms with Gasteiger partial charge in [0.15, 0.2) is 0 Å². The third kappa shape index (κ3) is 3.95. The minimum absolute atomic E-state index is 0.0685. The van der Waals surface area contributed by atoms with Crippen LogP contribution in [-0.2, 0) is 0 Å². The van der Waals surface area contributed by atoms with E-state index in [2.05, 4.69) is 20.5 Å². The van der Waals surface area contributed by atoms with Gasteiger partial charge in [-0.15, -0.1) is 5.10 Å². The van der Waals surface area contributed by atoms with Crippen molar-refractivity contribution in [2.24, 2.45) is 27.6 Å². The van der Waals surface area contributed by atoms with Gasteiger partial charge in [-0.1, -0.05) is 30.4 Å². The van der Waals surface area contributed by atoms with Gasteiger partial charge < -0.3 is 21.8 Å². The Hall–Kier alpha value is -3.35. The van der Waals surface area contributed by atoms with Crippen LogP contribution in [0.15, 0.2) is 64.5 Å². The molecule has 0 spiro atoms. The monoisotopic (exact) mass is 336 g/mol. The van der Waals surface area contributed by atoms with Gasteiger partial charge in [-0.05, 0) is 31.6 Å². The lowest BCUT2D eigenvalue weighted by molar-refractivity contribution is 0.0963. The molecule has 7 nitrogen and oxygen atoms in total. The summed E-state index contributed by atoms with van der Waals surface area (Å²) in [5, 5.41) is 11.6. The third-order valence-electron chi connectivity index (χ3n) is 3.99. The van der Waals surface area contributed by atoms with Gasteiger partial charge in [0.1, 0.15) is 5.69 Å². The highest BCUT2D eigenvalue weighted by Gasteiger charge is 2.15. The fourth-order valence-corrected chi connectivity index (χ4v) is 2.63. The molecule has 1 atom stereocenters. The van der Waals surface area contributed by atoms with Gasteiger partial charge in [-0.3, -0.25) is 4.79 Å². The maximum atomic E-state index is 12.4. The van der Waals surface area contributed by atoms with Crippen LogP contribution < -0.4 is 16.8 Å². The van der Waals surface area contributed by atoms with E-state index < -0.39 is 0 Å². The first-order valence-corrected chi connectivity index (χ1v) is 7.93. The molecule has 0 bridgehead atoms. The molecule has 1 unspecified atom stereocenters. The van der Waals surface area contributed by atoms with E-state index in [-0.39, 0.29) is 17.8 Å². The molecular formula is C18H20N6O. The Labute approximate surface area is 145 Å². The van der Waals surface area contributed by atoms with Gasteiger partial charge in [0.2, 0.25) is 5.96 Å². The molecule has 2 aromatic rings. The molecule has 1 heterocycles. The number of hydrogen-bond acceptors (Lipinski definition) is 3. The Bertz CT molecular complexity index is 882. The molecule has 1 aromatic heterocycles. The molecule has 128 valence electrons. The minimum Gasteiger partial charge on any atom is -0.369 e. The number of amides is 1. The van der Waals surface area contributed by atoms with Crippen molar-refractivity contribution in [3.8, 4) is 0 Å². The smallest absolute Gasteiger partial charge is 0.272 e. The number of aromatic nitrogens is 1. The summed E-state index contributed by atoms with van der Waals surface area (Å²) in [6, 6.07) is 9.61. The summed E-state index contributed by atoms with van der Waals surface area (Å²) in [7, 11) is 0. The van der Waals surface area contributed by atoms with Crippen LogP contribution in [0, 0.1) is 5.92 Å². The number of nitrogens with one attached hydrogen (secondary N) is 2. The molecular weight excluding hydrogens is 316 g/mol. The van der Waals surface area contributed by atoms with Gasteiger partial charge in [0.25, 0.3) is 5.91 Å². The first-order chi connectivity index (χ1) is 12.0. The van der Waals surface area contributed by atoms with Crippen molar-refractivity contribution >= 4 is 28.5 Å². The van der Waals surface area contributed by atoms with E-state index in [0.29, 0.717) is 12.1 Å². The number of fused-ring (bicyclic) bond motifs is 1. The fraction of sp³-hybridized carbons (Fsp3) is 0.167. The third-order valence-corrected chi connectivity index (χ3v) is 3.99. The lowest BCUT2D eigenvalue weighted by Crippen LogP contribution is -2.24. The van der Waals surface area contributed by atoms with Gasteiger partial charge >= 0.3 is 0 Å². The number of rotatable bonds is 4. The van der Waals surface area contributed by atoms with E-state index in [1.54, 1.807) is 0 Å². The second-order valence-electron chi connectivity index (χ2n) is 5.85. The van der Waals surface area contributed by atoms with Crippen molar-refractivity contribution in [3.63, 3.8) is 0 Å². The van der Waals surface area contributed by atoms with Crippen LogP contribution in [0.2, 0.25) is 0 Å². The van der Waals surface area contributed by atoms with E-state index in [4.69, 9.17) is 11.5 Å². The molecule has 1 aliphatic carbocycles. The van der Waals surface area contributed by atoms with Crippen molar-refractivity contribution in [2.45, 2.75) is 13.3 Å². The quantitative estimate of drug-likeness (QED) is 0.388. The maximum absolute atomic E-state index is 12.4. The van der Waals surface area contributed by atoms with Crippen LogP contribution >= 0.6 is 0 Å². The van der Waals surface area contributed by atoms with Crippen LogP contribution in [0.25, 0.3) is 10.9 Å². The average molecular weight is 336 g/mol. The highest BCUT2D eigenvalue weighted by molar-refractivity contribution is 5.99. The van der Waals surface area contributed by atoms with Gasteiger partial charge in [-0.25, -0.2) is 0 Å². The predicted octanol–water partition coefficient (Wildman–Crippen LogP) is 2.01. The summed E-state index contributed by atoms with van der Waals surface area (Å²) in [6.45, 7) is 1.86. The first kappa shape index (κ1) is 16.5. The van der Waals surface area contributed by atoms with E-state index in [1.165, 1.54) is 0 Å². The summed E-state index contributed by atoms with van der Waals surface area (Å²) < 4.78 is 0. The Morgan fingerprint density at radius 1 is 1.28 bits per heavy atom. The minimum atomic E-state index is -0.170. The molecule has 0 fully saturated rings. The van der Waals surface area contributed by atoms with Gasteiger partial charge in [-0.2, -0.15) is 5.10 Å². The molecule has 0 radical (unpaired) electrons. The van der Waals surface area contributed by atoms with Crippen LogP contribution in [0.4, 0.5) is 0 Å². The van der Waals surface area contributed by atoms with Crippen molar-refractivity contribution in [1.82, 2.24) is 10.3 Å². The standard InChI is InChI=1S/C18H20N6O/c1-11(23-24-18(19)20)12-6-8-14(9-7-12)21-17(25)16-10-13-4-2-3-5-15(13)22-16/h2-6,8-10,12,22H,7H2,1H3,(H,21,25)(H4,19,20,24)/b23-11+. The zero-order chi connectivity index (χ0) is 17.8. The highest BCUT2D eigenvalue weighted by atomic mass is 16.1.